The number of hydrogen-bond donors (Lipinski definition) is 0. The van der Waals surface area contributed by atoms with Gasteiger partial charge in [0.2, 0.25) is 0 Å². The fourth-order valence-corrected chi connectivity index (χ4v) is 3.14. The van der Waals surface area contributed by atoms with Gasteiger partial charge in [0.05, 0.1) is 0 Å². The molecular weight excluding hydrogens is 258 g/mol. The molecule has 1 saturated heterocycles. The first kappa shape index (κ1) is 14.5. The monoisotopic (exact) mass is 281 g/mol. The van der Waals surface area contributed by atoms with E-state index < -0.39 is 0 Å². The van der Waals surface area contributed by atoms with E-state index in [0.29, 0.717) is 0 Å². The molecule has 0 aliphatic carbocycles. The van der Waals surface area contributed by atoms with Gasteiger partial charge in [-0.25, -0.2) is 0 Å². The van der Waals surface area contributed by atoms with Crippen molar-refractivity contribution in [2.24, 2.45) is 0 Å². The lowest BCUT2D eigenvalue weighted by atomic mass is 10.1. The highest BCUT2D eigenvalue weighted by molar-refractivity contribution is 7.09. The smallest absolute Gasteiger partial charge is 0.323 e. The van der Waals surface area contributed by atoms with Crippen molar-refractivity contribution in [2.75, 3.05) is 13.1 Å². The van der Waals surface area contributed by atoms with E-state index >= 15 is 0 Å². The van der Waals surface area contributed by atoms with E-state index in [0.717, 1.165) is 32.4 Å². The Morgan fingerprint density at radius 3 is 2.95 bits per heavy atom. The Bertz CT molecular complexity index is 408. The van der Waals surface area contributed by atoms with Crippen molar-refractivity contribution in [2.45, 2.75) is 51.7 Å². The Balaban J connectivity index is 1.87. The van der Waals surface area contributed by atoms with Gasteiger partial charge in [0.15, 0.2) is 0 Å². The Kier molecular flexibility index (Phi) is 4.63. The second kappa shape index (κ2) is 6.06. The molecule has 3 nitrogen and oxygen atoms in total. The molecule has 0 unspecified atom stereocenters. The summed E-state index contributed by atoms with van der Waals surface area (Å²) in [4.78, 5) is 15.8. The lowest BCUT2D eigenvalue weighted by Gasteiger charge is -2.27. The third-order valence-corrected chi connectivity index (χ3v) is 4.20. The van der Waals surface area contributed by atoms with Crippen LogP contribution in [0.25, 0.3) is 0 Å². The number of carbonyl (C=O) groups is 1. The summed E-state index contributed by atoms with van der Waals surface area (Å²) in [5.74, 6) is -0.0591. The third kappa shape index (κ3) is 4.32. The summed E-state index contributed by atoms with van der Waals surface area (Å²) < 4.78 is 5.51. The van der Waals surface area contributed by atoms with Gasteiger partial charge < -0.3 is 4.74 Å². The Morgan fingerprint density at radius 2 is 2.32 bits per heavy atom. The van der Waals surface area contributed by atoms with Gasteiger partial charge >= 0.3 is 5.97 Å². The number of hydrogen-bond acceptors (Lipinski definition) is 4. The van der Waals surface area contributed by atoms with Crippen LogP contribution in [0.1, 0.15) is 38.5 Å². The van der Waals surface area contributed by atoms with E-state index in [1.807, 2.05) is 20.8 Å². The molecule has 1 aliphatic heterocycles. The van der Waals surface area contributed by atoms with Crippen LogP contribution in [-0.4, -0.2) is 35.6 Å². The molecule has 0 spiro atoms. The van der Waals surface area contributed by atoms with Gasteiger partial charge in [-0.05, 0) is 58.0 Å². The molecule has 1 aromatic heterocycles. The molecule has 19 heavy (non-hydrogen) atoms. The number of esters is 1. The Hall–Kier alpha value is -0.870. The van der Waals surface area contributed by atoms with Crippen molar-refractivity contribution in [3.8, 4) is 0 Å². The van der Waals surface area contributed by atoms with Crippen LogP contribution in [0, 0.1) is 0 Å². The van der Waals surface area contributed by atoms with Gasteiger partial charge in [-0.2, -0.15) is 0 Å². The lowest BCUT2D eigenvalue weighted by molar-refractivity contribution is -0.160. The Labute approximate surface area is 119 Å². The summed E-state index contributed by atoms with van der Waals surface area (Å²) in [6.07, 6.45) is 3.05. The number of rotatable bonds is 4. The first-order valence-electron chi connectivity index (χ1n) is 6.95. The molecule has 1 fully saturated rings. The van der Waals surface area contributed by atoms with Gasteiger partial charge in [-0.3, -0.25) is 9.69 Å². The number of nitrogens with zero attached hydrogens (tertiary/aromatic N) is 1. The molecule has 0 bridgehead atoms. The lowest BCUT2D eigenvalue weighted by Crippen LogP contribution is -2.41. The molecule has 106 valence electrons. The van der Waals surface area contributed by atoms with Crippen LogP contribution >= 0.6 is 11.3 Å². The summed E-state index contributed by atoms with van der Waals surface area (Å²) in [5.41, 5.74) is -0.390. The molecule has 0 amide bonds. The van der Waals surface area contributed by atoms with E-state index in [1.54, 1.807) is 11.3 Å². The molecule has 2 rings (SSSR count). The van der Waals surface area contributed by atoms with E-state index in [2.05, 4.69) is 22.4 Å². The molecule has 2 heterocycles. The van der Waals surface area contributed by atoms with Crippen LogP contribution in [0.2, 0.25) is 0 Å². The topological polar surface area (TPSA) is 29.5 Å². The fourth-order valence-electron chi connectivity index (χ4n) is 2.44. The van der Waals surface area contributed by atoms with E-state index in [-0.39, 0.29) is 17.6 Å². The van der Waals surface area contributed by atoms with Gasteiger partial charge in [-0.15, -0.1) is 11.3 Å². The van der Waals surface area contributed by atoms with E-state index in [9.17, 15) is 4.79 Å². The van der Waals surface area contributed by atoms with Gasteiger partial charge in [0.1, 0.15) is 11.6 Å². The van der Waals surface area contributed by atoms with Crippen molar-refractivity contribution < 1.29 is 9.53 Å². The van der Waals surface area contributed by atoms with Crippen LogP contribution < -0.4 is 0 Å². The van der Waals surface area contributed by atoms with Crippen LogP contribution in [0.4, 0.5) is 0 Å². The van der Waals surface area contributed by atoms with Gasteiger partial charge in [0.25, 0.3) is 0 Å². The fraction of sp³-hybridized carbons (Fsp3) is 0.667. The first-order valence-corrected chi connectivity index (χ1v) is 7.83. The quantitative estimate of drug-likeness (QED) is 0.794. The largest absolute Gasteiger partial charge is 0.459 e. The zero-order valence-electron chi connectivity index (χ0n) is 12.0. The molecular formula is C15H23NO2S. The summed E-state index contributed by atoms with van der Waals surface area (Å²) in [5, 5.41) is 2.10. The minimum Gasteiger partial charge on any atom is -0.459 e. The molecule has 4 heteroatoms. The number of thiophene rings is 1. The minimum atomic E-state index is -0.390. The maximum atomic E-state index is 12.2. The molecule has 0 N–H and O–H groups in total. The molecule has 1 aromatic rings. The number of likely N-dealkylation sites (tertiary alicyclic amines) is 1. The number of carbonyl (C=O) groups excluding carboxylic acids is 1. The van der Waals surface area contributed by atoms with Crippen molar-refractivity contribution in [3.05, 3.63) is 22.4 Å². The van der Waals surface area contributed by atoms with Crippen LogP contribution in [0.3, 0.4) is 0 Å². The highest BCUT2D eigenvalue weighted by Crippen LogP contribution is 2.22. The standard InChI is InChI=1S/C15H23NO2S/c1-15(2,3)18-14(17)13-7-4-9-16(13)10-8-12-6-5-11-19-12/h5-6,11,13H,4,7-10H2,1-3H3/t13-/m0/s1. The average Bonchev–Trinajstić information content (AvgIpc) is 2.95. The molecule has 1 aliphatic rings. The second-order valence-electron chi connectivity index (χ2n) is 6.06. The van der Waals surface area contributed by atoms with Crippen molar-refractivity contribution >= 4 is 17.3 Å². The van der Waals surface area contributed by atoms with Crippen molar-refractivity contribution in [1.29, 1.82) is 0 Å². The summed E-state index contributed by atoms with van der Waals surface area (Å²) in [7, 11) is 0. The maximum Gasteiger partial charge on any atom is 0.323 e. The molecule has 0 radical (unpaired) electrons. The molecule has 0 aromatic carbocycles. The van der Waals surface area contributed by atoms with Crippen LogP contribution in [0.5, 0.6) is 0 Å². The Morgan fingerprint density at radius 1 is 1.53 bits per heavy atom. The highest BCUT2D eigenvalue weighted by atomic mass is 32.1. The van der Waals surface area contributed by atoms with Crippen molar-refractivity contribution in [3.63, 3.8) is 0 Å². The zero-order valence-corrected chi connectivity index (χ0v) is 12.8. The summed E-state index contributed by atoms with van der Waals surface area (Å²) in [6, 6.07) is 4.19. The average molecular weight is 281 g/mol. The predicted octanol–water partition coefficient (Wildman–Crippen LogP) is 3.10. The normalized spacial score (nSPS) is 20.7. The SMILES string of the molecule is CC(C)(C)OC(=O)[C@@H]1CCCN1CCc1cccs1. The maximum absolute atomic E-state index is 12.2. The zero-order chi connectivity index (χ0) is 13.9. The predicted molar refractivity (Wildman–Crippen MR) is 78.5 cm³/mol. The first-order chi connectivity index (χ1) is 8.96. The summed E-state index contributed by atoms with van der Waals surface area (Å²) >= 11 is 1.78. The van der Waals surface area contributed by atoms with Gasteiger partial charge in [0, 0.05) is 11.4 Å². The second-order valence-corrected chi connectivity index (χ2v) is 7.09. The third-order valence-electron chi connectivity index (χ3n) is 3.27. The number of ether oxygens (including phenoxy) is 1. The van der Waals surface area contributed by atoms with E-state index in [1.165, 1.54) is 4.88 Å². The molecule has 0 saturated carbocycles. The van der Waals surface area contributed by atoms with E-state index in [4.69, 9.17) is 4.74 Å². The highest BCUT2D eigenvalue weighted by Gasteiger charge is 2.33. The minimum absolute atomic E-state index is 0.0424. The van der Waals surface area contributed by atoms with Gasteiger partial charge in [-0.1, -0.05) is 6.07 Å². The molecule has 1 atom stereocenters. The van der Waals surface area contributed by atoms with Crippen molar-refractivity contribution in [1.82, 2.24) is 4.90 Å². The van der Waals surface area contributed by atoms with Crippen LogP contribution in [0.15, 0.2) is 17.5 Å². The summed E-state index contributed by atoms with van der Waals surface area (Å²) in [6.45, 7) is 7.74. The van der Waals surface area contributed by atoms with Crippen LogP contribution in [-0.2, 0) is 16.0 Å².